The van der Waals surface area contributed by atoms with E-state index in [1.807, 2.05) is 37.4 Å². The Balaban J connectivity index is 1.47. The quantitative estimate of drug-likeness (QED) is 0.457. The number of nitrogens with one attached hydrogen (secondary N) is 1. The Hall–Kier alpha value is -4.05. The average Bonchev–Trinajstić information content (AvgIpc) is 3.58. The standard InChI is InChI=1S/C23H23N9O/c1-15-4-3-5-17(12-15)18-6-7-31(28-18)22-24-21-14-20(19-13-16(2)26-27-19)29-32(21)23(25-22)30-8-10-33-11-9-30/h3-7,12-14H,8-11H2,1-2H3,(H,26,27). The van der Waals surface area contributed by atoms with Crippen LogP contribution >= 0.6 is 0 Å². The first-order valence-corrected chi connectivity index (χ1v) is 10.9. The maximum absolute atomic E-state index is 5.54. The average molecular weight is 441 g/mol. The molecular formula is C23H23N9O. The van der Waals surface area contributed by atoms with Gasteiger partial charge in [-0.1, -0.05) is 23.8 Å². The molecule has 0 atom stereocenters. The molecule has 166 valence electrons. The minimum Gasteiger partial charge on any atom is -0.378 e. The number of fused-ring (bicyclic) bond motifs is 1. The molecule has 10 heteroatoms. The summed E-state index contributed by atoms with van der Waals surface area (Å²) in [6, 6.07) is 14.2. The van der Waals surface area contributed by atoms with Crippen LogP contribution in [0.4, 0.5) is 5.95 Å². The van der Waals surface area contributed by atoms with Gasteiger partial charge in [0, 0.05) is 30.9 Å². The van der Waals surface area contributed by atoms with Gasteiger partial charge in [0.1, 0.15) is 5.69 Å². The number of ether oxygens (including phenoxy) is 1. The number of aromatic amines is 1. The van der Waals surface area contributed by atoms with Crippen LogP contribution in [0.3, 0.4) is 0 Å². The number of aryl methyl sites for hydroxylation is 2. The molecule has 1 aromatic carbocycles. The first-order valence-electron chi connectivity index (χ1n) is 10.9. The molecule has 0 saturated carbocycles. The Morgan fingerprint density at radius 2 is 1.82 bits per heavy atom. The van der Waals surface area contributed by atoms with Gasteiger partial charge >= 0.3 is 0 Å². The molecule has 1 N–H and O–H groups in total. The lowest BCUT2D eigenvalue weighted by molar-refractivity contribution is 0.121. The predicted octanol–water partition coefficient (Wildman–Crippen LogP) is 2.82. The van der Waals surface area contributed by atoms with Gasteiger partial charge in [-0.3, -0.25) is 5.10 Å². The Bertz CT molecular complexity index is 1440. The smallest absolute Gasteiger partial charge is 0.255 e. The van der Waals surface area contributed by atoms with Crippen molar-refractivity contribution in [2.75, 3.05) is 31.2 Å². The predicted molar refractivity (Wildman–Crippen MR) is 123 cm³/mol. The van der Waals surface area contributed by atoms with Gasteiger partial charge in [0.25, 0.3) is 5.95 Å². The molecule has 6 rings (SSSR count). The van der Waals surface area contributed by atoms with E-state index in [-0.39, 0.29) is 0 Å². The van der Waals surface area contributed by atoms with E-state index < -0.39 is 0 Å². The van der Waals surface area contributed by atoms with Crippen molar-refractivity contribution >= 4 is 11.6 Å². The number of H-pyrrole nitrogens is 1. The third-order valence-electron chi connectivity index (χ3n) is 5.68. The molecular weight excluding hydrogens is 418 g/mol. The zero-order valence-electron chi connectivity index (χ0n) is 18.4. The number of benzene rings is 1. The second-order valence-electron chi connectivity index (χ2n) is 8.16. The first-order chi connectivity index (χ1) is 16.1. The topological polar surface area (TPSA) is 102 Å². The molecule has 1 saturated heterocycles. The Morgan fingerprint density at radius 1 is 0.939 bits per heavy atom. The summed E-state index contributed by atoms with van der Waals surface area (Å²) in [6.07, 6.45) is 1.89. The zero-order valence-corrected chi connectivity index (χ0v) is 18.4. The maximum atomic E-state index is 5.54. The van der Waals surface area contributed by atoms with Crippen LogP contribution in [0.25, 0.3) is 34.2 Å². The van der Waals surface area contributed by atoms with Crippen LogP contribution in [-0.2, 0) is 4.74 Å². The highest BCUT2D eigenvalue weighted by molar-refractivity contribution is 5.63. The normalized spacial score (nSPS) is 14.3. The highest BCUT2D eigenvalue weighted by atomic mass is 16.5. The van der Waals surface area contributed by atoms with Crippen molar-refractivity contribution in [1.29, 1.82) is 0 Å². The van der Waals surface area contributed by atoms with Gasteiger partial charge in [-0.2, -0.15) is 29.8 Å². The summed E-state index contributed by atoms with van der Waals surface area (Å²) in [6.45, 7) is 6.78. The van der Waals surface area contributed by atoms with E-state index in [9.17, 15) is 0 Å². The number of hydrogen-bond acceptors (Lipinski definition) is 7. The van der Waals surface area contributed by atoms with E-state index >= 15 is 0 Å². The Labute approximate surface area is 189 Å². The van der Waals surface area contributed by atoms with E-state index in [2.05, 4.69) is 40.2 Å². The molecule has 10 nitrogen and oxygen atoms in total. The van der Waals surface area contributed by atoms with E-state index in [1.54, 1.807) is 9.20 Å². The molecule has 5 heterocycles. The number of rotatable bonds is 4. The Morgan fingerprint density at radius 3 is 2.61 bits per heavy atom. The third-order valence-corrected chi connectivity index (χ3v) is 5.68. The van der Waals surface area contributed by atoms with Crippen molar-refractivity contribution in [2.45, 2.75) is 13.8 Å². The fourth-order valence-corrected chi connectivity index (χ4v) is 4.01. The molecule has 0 bridgehead atoms. The van der Waals surface area contributed by atoms with Gasteiger partial charge in [-0.15, -0.1) is 0 Å². The summed E-state index contributed by atoms with van der Waals surface area (Å²) in [4.78, 5) is 11.8. The SMILES string of the molecule is Cc1cccc(-c2ccn(-c3nc(N4CCOCC4)n4nc(-c5cc(C)n[nH]5)cc4n3)n2)c1. The number of hydrogen-bond donors (Lipinski definition) is 1. The fourth-order valence-electron chi connectivity index (χ4n) is 4.01. The molecule has 4 aromatic heterocycles. The van der Waals surface area contributed by atoms with Crippen molar-refractivity contribution in [3.63, 3.8) is 0 Å². The second kappa shape index (κ2) is 7.82. The van der Waals surface area contributed by atoms with Crippen molar-refractivity contribution in [3.05, 3.63) is 59.9 Å². The van der Waals surface area contributed by atoms with Gasteiger partial charge in [-0.05, 0) is 32.0 Å². The van der Waals surface area contributed by atoms with Crippen molar-refractivity contribution < 1.29 is 4.74 Å². The van der Waals surface area contributed by atoms with E-state index in [0.717, 1.165) is 41.4 Å². The van der Waals surface area contributed by atoms with Crippen LogP contribution in [-0.4, -0.2) is 65.9 Å². The Kier molecular flexibility index (Phi) is 4.65. The number of morpholine rings is 1. The van der Waals surface area contributed by atoms with E-state index in [0.29, 0.717) is 30.8 Å². The lowest BCUT2D eigenvalue weighted by Gasteiger charge is -2.27. The van der Waals surface area contributed by atoms with Crippen molar-refractivity contribution in [1.82, 2.24) is 39.6 Å². The van der Waals surface area contributed by atoms with Gasteiger partial charge < -0.3 is 9.64 Å². The van der Waals surface area contributed by atoms with Crippen molar-refractivity contribution in [2.24, 2.45) is 0 Å². The summed E-state index contributed by atoms with van der Waals surface area (Å²) in [5, 5.41) is 16.8. The van der Waals surface area contributed by atoms with Crippen LogP contribution in [0.2, 0.25) is 0 Å². The second-order valence-corrected chi connectivity index (χ2v) is 8.16. The highest BCUT2D eigenvalue weighted by Crippen LogP contribution is 2.24. The number of anilines is 1. The highest BCUT2D eigenvalue weighted by Gasteiger charge is 2.21. The van der Waals surface area contributed by atoms with Crippen LogP contribution in [0.15, 0.2) is 48.7 Å². The van der Waals surface area contributed by atoms with E-state index in [1.165, 1.54) is 5.56 Å². The fraction of sp³-hybridized carbons (Fsp3) is 0.261. The molecule has 1 fully saturated rings. The molecule has 0 unspecified atom stereocenters. The minimum atomic E-state index is 0.495. The number of aromatic nitrogens is 8. The third kappa shape index (κ3) is 3.64. The molecule has 1 aliphatic rings. The lowest BCUT2D eigenvalue weighted by atomic mass is 10.1. The van der Waals surface area contributed by atoms with Crippen LogP contribution in [0.5, 0.6) is 0 Å². The largest absolute Gasteiger partial charge is 0.378 e. The first kappa shape index (κ1) is 19.6. The summed E-state index contributed by atoms with van der Waals surface area (Å²) < 4.78 is 9.04. The molecule has 0 aliphatic carbocycles. The summed E-state index contributed by atoms with van der Waals surface area (Å²) >= 11 is 0. The van der Waals surface area contributed by atoms with Gasteiger partial charge in [0.15, 0.2) is 5.65 Å². The van der Waals surface area contributed by atoms with Gasteiger partial charge in [-0.25, -0.2) is 4.68 Å². The van der Waals surface area contributed by atoms with Crippen LogP contribution in [0, 0.1) is 13.8 Å². The maximum Gasteiger partial charge on any atom is 0.255 e. The lowest BCUT2D eigenvalue weighted by Crippen LogP contribution is -2.38. The molecule has 0 radical (unpaired) electrons. The summed E-state index contributed by atoms with van der Waals surface area (Å²) in [7, 11) is 0. The monoisotopic (exact) mass is 441 g/mol. The van der Waals surface area contributed by atoms with Gasteiger partial charge in [0.05, 0.1) is 30.3 Å². The molecule has 5 aromatic rings. The molecule has 0 amide bonds. The number of nitrogens with zero attached hydrogens (tertiary/aromatic N) is 8. The van der Waals surface area contributed by atoms with Crippen LogP contribution < -0.4 is 4.90 Å². The van der Waals surface area contributed by atoms with E-state index in [4.69, 9.17) is 24.9 Å². The molecule has 0 spiro atoms. The zero-order chi connectivity index (χ0) is 22.4. The molecule has 33 heavy (non-hydrogen) atoms. The van der Waals surface area contributed by atoms with Crippen molar-refractivity contribution in [3.8, 4) is 28.6 Å². The van der Waals surface area contributed by atoms with Crippen LogP contribution in [0.1, 0.15) is 11.3 Å². The summed E-state index contributed by atoms with van der Waals surface area (Å²) in [5.74, 6) is 1.21. The van der Waals surface area contributed by atoms with Gasteiger partial charge in [0.2, 0.25) is 5.95 Å². The minimum absolute atomic E-state index is 0.495. The molecule has 1 aliphatic heterocycles. The summed E-state index contributed by atoms with van der Waals surface area (Å²) in [5.41, 5.74) is 6.32.